The van der Waals surface area contributed by atoms with Crippen LogP contribution in [0.2, 0.25) is 0 Å². The molecule has 1 amide bonds. The molecule has 0 radical (unpaired) electrons. The van der Waals surface area contributed by atoms with Gasteiger partial charge in [0.1, 0.15) is 22.7 Å². The predicted octanol–water partition coefficient (Wildman–Crippen LogP) is 6.33. The van der Waals surface area contributed by atoms with Crippen LogP contribution in [0.25, 0.3) is 55.2 Å². The van der Waals surface area contributed by atoms with E-state index >= 15 is 4.39 Å². The number of benzene rings is 1. The molecule has 0 saturated heterocycles. The van der Waals surface area contributed by atoms with Gasteiger partial charge in [-0.05, 0) is 37.3 Å². The van der Waals surface area contributed by atoms with Gasteiger partial charge in [-0.2, -0.15) is 5.10 Å². The second kappa shape index (κ2) is 8.90. The van der Waals surface area contributed by atoms with Crippen molar-refractivity contribution < 1.29 is 9.18 Å². The third-order valence-corrected chi connectivity index (χ3v) is 7.10. The summed E-state index contributed by atoms with van der Waals surface area (Å²) in [5, 5.41) is 10.9. The molecule has 8 nitrogen and oxygen atoms in total. The lowest BCUT2D eigenvalue weighted by Gasteiger charge is -2.09. The second-order valence-electron chi connectivity index (χ2n) is 9.11. The molecule has 0 bridgehead atoms. The van der Waals surface area contributed by atoms with E-state index in [0.29, 0.717) is 39.2 Å². The molecule has 3 N–H and O–H groups in total. The number of anilines is 1. The number of fused-ring (bicyclic) bond motifs is 2. The van der Waals surface area contributed by atoms with Gasteiger partial charge in [-0.25, -0.2) is 9.37 Å². The zero-order chi connectivity index (χ0) is 25.7. The maximum Gasteiger partial charge on any atom is 0.226 e. The van der Waals surface area contributed by atoms with Crippen molar-refractivity contribution in [3.8, 4) is 33.2 Å². The molecule has 0 aliphatic heterocycles. The fourth-order valence-corrected chi connectivity index (χ4v) is 5.04. The molecule has 0 unspecified atom stereocenters. The monoisotopic (exact) mass is 511 g/mol. The van der Waals surface area contributed by atoms with E-state index in [1.54, 1.807) is 55.9 Å². The molecule has 0 spiro atoms. The van der Waals surface area contributed by atoms with E-state index in [2.05, 4.69) is 43.5 Å². The molecule has 1 aromatic carbocycles. The first kappa shape index (κ1) is 23.0. The Labute approximate surface area is 215 Å². The molecular formula is C27H22FN7OS. The number of amides is 1. The average molecular weight is 512 g/mol. The van der Waals surface area contributed by atoms with Gasteiger partial charge in [-0.3, -0.25) is 19.9 Å². The molecule has 5 heterocycles. The number of aromatic nitrogens is 6. The summed E-state index contributed by atoms with van der Waals surface area (Å²) in [4.78, 5) is 31.3. The first-order valence-electron chi connectivity index (χ1n) is 11.7. The van der Waals surface area contributed by atoms with Crippen LogP contribution in [0.5, 0.6) is 0 Å². The second-order valence-corrected chi connectivity index (χ2v) is 10.4. The number of nitrogens with zero attached hydrogens (tertiary/aromatic N) is 4. The molecule has 37 heavy (non-hydrogen) atoms. The Hall–Kier alpha value is -4.44. The number of nitrogens with one attached hydrogen (secondary N) is 3. The molecule has 184 valence electrons. The predicted molar refractivity (Wildman–Crippen MR) is 144 cm³/mol. The summed E-state index contributed by atoms with van der Waals surface area (Å²) in [5.41, 5.74) is 4.88. The van der Waals surface area contributed by atoms with Gasteiger partial charge in [-0.15, -0.1) is 11.3 Å². The van der Waals surface area contributed by atoms with Crippen molar-refractivity contribution in [3.63, 3.8) is 0 Å². The third kappa shape index (κ3) is 4.15. The van der Waals surface area contributed by atoms with Crippen LogP contribution in [0, 0.1) is 18.7 Å². The quantitative estimate of drug-likeness (QED) is 0.250. The van der Waals surface area contributed by atoms with Crippen LogP contribution >= 0.6 is 11.3 Å². The Bertz CT molecular complexity index is 1800. The summed E-state index contributed by atoms with van der Waals surface area (Å²) in [6.45, 7) is 5.67. The molecule has 0 fully saturated rings. The van der Waals surface area contributed by atoms with Gasteiger partial charge in [-0.1, -0.05) is 13.8 Å². The Balaban J connectivity index is 1.44. The lowest BCUT2D eigenvalue weighted by atomic mass is 10.0. The largest absolute Gasteiger partial charge is 0.336 e. The summed E-state index contributed by atoms with van der Waals surface area (Å²) in [7, 11) is 0. The van der Waals surface area contributed by atoms with E-state index in [9.17, 15) is 4.79 Å². The number of aryl methyl sites for hydroxylation is 1. The van der Waals surface area contributed by atoms with Crippen molar-refractivity contribution in [2.24, 2.45) is 5.92 Å². The van der Waals surface area contributed by atoms with Gasteiger partial charge in [0, 0.05) is 45.8 Å². The minimum atomic E-state index is -0.430. The van der Waals surface area contributed by atoms with Crippen molar-refractivity contribution in [2.45, 2.75) is 20.8 Å². The smallest absolute Gasteiger partial charge is 0.226 e. The molecule has 0 aliphatic rings. The molecular weight excluding hydrogens is 489 g/mol. The fourth-order valence-electron chi connectivity index (χ4n) is 4.17. The number of H-pyrrole nitrogens is 2. The molecule has 6 aromatic rings. The molecule has 5 aromatic heterocycles. The van der Waals surface area contributed by atoms with Gasteiger partial charge in [0.2, 0.25) is 5.91 Å². The van der Waals surface area contributed by atoms with Crippen LogP contribution < -0.4 is 5.32 Å². The summed E-state index contributed by atoms with van der Waals surface area (Å²) in [6, 6.07) is 10.8. The van der Waals surface area contributed by atoms with Gasteiger partial charge in [0.25, 0.3) is 0 Å². The minimum Gasteiger partial charge on any atom is -0.336 e. The van der Waals surface area contributed by atoms with Gasteiger partial charge >= 0.3 is 0 Å². The lowest BCUT2D eigenvalue weighted by molar-refractivity contribution is -0.118. The number of carbonyl (C=O) groups excluding carboxylic acids is 1. The zero-order valence-electron chi connectivity index (χ0n) is 20.3. The summed E-state index contributed by atoms with van der Waals surface area (Å²) >= 11 is 1.66. The standard InChI is InChI=1S/C27H22FN7OS/c1-13(2)27(36)31-16-8-15(11-29-12-16)17-9-18-21(10-19(17)28)34-35-23(18)26-32-20-6-7-30-25(24(20)33-26)22-5-4-14(3)37-22/h4-13H,1-3H3,(H,31,36)(H,32,33)(H,34,35). The SMILES string of the molecule is Cc1ccc(-c2nccc3[nH]c(-c4n[nH]c5cc(F)c(-c6cncc(NC(=O)C(C)C)c6)cc45)nc23)s1. The van der Waals surface area contributed by atoms with Gasteiger partial charge in [0.05, 0.1) is 27.8 Å². The Morgan fingerprint density at radius 2 is 1.95 bits per heavy atom. The highest BCUT2D eigenvalue weighted by atomic mass is 32.1. The average Bonchev–Trinajstić information content (AvgIpc) is 3.60. The highest BCUT2D eigenvalue weighted by Gasteiger charge is 2.19. The molecule has 0 saturated carbocycles. The Morgan fingerprint density at radius 3 is 2.73 bits per heavy atom. The number of hydrogen-bond donors (Lipinski definition) is 3. The van der Waals surface area contributed by atoms with E-state index in [0.717, 1.165) is 21.6 Å². The number of imidazole rings is 1. The van der Waals surface area contributed by atoms with Crippen molar-refractivity contribution in [1.29, 1.82) is 0 Å². The maximum atomic E-state index is 15.2. The number of halogens is 1. The maximum absolute atomic E-state index is 15.2. The van der Waals surface area contributed by atoms with Crippen LogP contribution in [0.1, 0.15) is 18.7 Å². The molecule has 6 rings (SSSR count). The molecule has 0 aliphatic carbocycles. The third-order valence-electron chi connectivity index (χ3n) is 6.09. The number of hydrogen-bond acceptors (Lipinski definition) is 6. The van der Waals surface area contributed by atoms with Crippen LogP contribution in [-0.2, 0) is 4.79 Å². The first-order valence-corrected chi connectivity index (χ1v) is 12.5. The van der Waals surface area contributed by atoms with Crippen LogP contribution in [0.4, 0.5) is 10.1 Å². The number of thiophene rings is 1. The number of aromatic amines is 2. The normalized spacial score (nSPS) is 11.6. The molecule has 10 heteroatoms. The van der Waals surface area contributed by atoms with Crippen LogP contribution in [0.15, 0.2) is 55.0 Å². The van der Waals surface area contributed by atoms with E-state index < -0.39 is 5.82 Å². The van der Waals surface area contributed by atoms with E-state index in [1.807, 2.05) is 12.1 Å². The van der Waals surface area contributed by atoms with Crippen molar-refractivity contribution in [3.05, 3.63) is 65.7 Å². The van der Waals surface area contributed by atoms with Gasteiger partial charge < -0.3 is 10.3 Å². The van der Waals surface area contributed by atoms with Crippen molar-refractivity contribution in [2.75, 3.05) is 5.32 Å². The summed E-state index contributed by atoms with van der Waals surface area (Å²) in [6.07, 6.45) is 4.86. The fraction of sp³-hybridized carbons (Fsp3) is 0.148. The van der Waals surface area contributed by atoms with Crippen molar-refractivity contribution >= 4 is 44.9 Å². The highest BCUT2D eigenvalue weighted by molar-refractivity contribution is 7.15. The van der Waals surface area contributed by atoms with Crippen molar-refractivity contribution in [1.82, 2.24) is 30.1 Å². The number of pyridine rings is 2. The van der Waals surface area contributed by atoms with Crippen LogP contribution in [0.3, 0.4) is 0 Å². The zero-order valence-corrected chi connectivity index (χ0v) is 21.1. The number of rotatable bonds is 5. The molecule has 0 atom stereocenters. The van der Waals surface area contributed by atoms with E-state index in [4.69, 9.17) is 4.98 Å². The Morgan fingerprint density at radius 1 is 1.08 bits per heavy atom. The van der Waals surface area contributed by atoms with Crippen LogP contribution in [-0.4, -0.2) is 36.0 Å². The minimum absolute atomic E-state index is 0.136. The first-order chi connectivity index (χ1) is 17.9. The Kier molecular flexibility index (Phi) is 5.53. The summed E-state index contributed by atoms with van der Waals surface area (Å²) in [5.74, 6) is -0.199. The lowest BCUT2D eigenvalue weighted by Crippen LogP contribution is -2.17. The van der Waals surface area contributed by atoms with E-state index in [1.165, 1.54) is 10.9 Å². The highest BCUT2D eigenvalue weighted by Crippen LogP contribution is 2.35. The number of carbonyl (C=O) groups is 1. The van der Waals surface area contributed by atoms with Gasteiger partial charge in [0.15, 0.2) is 5.82 Å². The van der Waals surface area contributed by atoms with E-state index in [-0.39, 0.29) is 11.8 Å². The summed E-state index contributed by atoms with van der Waals surface area (Å²) < 4.78 is 15.2. The topological polar surface area (TPSA) is 112 Å².